The lowest BCUT2D eigenvalue weighted by molar-refractivity contribution is -0.139. The third-order valence-electron chi connectivity index (χ3n) is 9.26. The molecule has 2 heterocycles. The molecule has 4 N–H and O–H groups in total. The van der Waals surface area contributed by atoms with Crippen molar-refractivity contribution in [2.24, 2.45) is 11.8 Å². The van der Waals surface area contributed by atoms with E-state index in [2.05, 4.69) is 20.9 Å². The smallest absolute Gasteiger partial charge is 0.407 e. The SMILES string of the molecule is CNC1CCN(C(=O)[C@@H](NC(=O)[C@H](Cc2ccc(-c3ccncc3)cc2)C[C@H](O)[C@H](Cc2ccccc2)NC(=O)OC(C)(C)C)C(C)C)CC1. The van der Waals surface area contributed by atoms with Crippen molar-refractivity contribution in [3.05, 3.63) is 90.3 Å². The van der Waals surface area contributed by atoms with Gasteiger partial charge in [-0.25, -0.2) is 4.79 Å². The minimum atomic E-state index is -1.09. The van der Waals surface area contributed by atoms with Crippen molar-refractivity contribution in [3.63, 3.8) is 0 Å². The molecule has 1 aliphatic rings. The van der Waals surface area contributed by atoms with E-state index >= 15 is 0 Å². The number of alkyl carbamates (subject to hydrolysis) is 1. The Morgan fingerprint density at radius 1 is 0.880 bits per heavy atom. The van der Waals surface area contributed by atoms with Gasteiger partial charge in [0.15, 0.2) is 0 Å². The zero-order valence-corrected chi connectivity index (χ0v) is 30.4. The molecular weight excluding hydrogens is 630 g/mol. The molecule has 3 amide bonds. The summed E-state index contributed by atoms with van der Waals surface area (Å²) in [7, 11) is 1.94. The molecule has 10 heteroatoms. The number of hydrogen-bond donors (Lipinski definition) is 4. The average molecular weight is 686 g/mol. The number of amides is 3. The first-order chi connectivity index (χ1) is 23.8. The molecule has 270 valence electrons. The van der Waals surface area contributed by atoms with Crippen LogP contribution in [-0.4, -0.2) is 82.9 Å². The van der Waals surface area contributed by atoms with Crippen molar-refractivity contribution < 1.29 is 24.2 Å². The number of ether oxygens (including phenoxy) is 1. The Kier molecular flexibility index (Phi) is 13.9. The number of nitrogens with one attached hydrogen (secondary N) is 3. The molecule has 0 radical (unpaired) electrons. The van der Waals surface area contributed by atoms with Crippen molar-refractivity contribution in [1.29, 1.82) is 0 Å². The molecule has 3 aromatic rings. The number of carbonyl (C=O) groups excluding carboxylic acids is 3. The second-order valence-corrected chi connectivity index (χ2v) is 14.7. The van der Waals surface area contributed by atoms with Crippen LogP contribution in [-0.2, 0) is 27.2 Å². The molecular formula is C40H55N5O5. The number of rotatable bonds is 14. The number of carbonyl (C=O) groups is 3. The molecule has 1 aromatic heterocycles. The van der Waals surface area contributed by atoms with E-state index in [1.54, 1.807) is 33.2 Å². The van der Waals surface area contributed by atoms with Crippen molar-refractivity contribution in [2.45, 2.75) is 96.6 Å². The van der Waals surface area contributed by atoms with Gasteiger partial charge in [0.05, 0.1) is 12.1 Å². The third-order valence-corrected chi connectivity index (χ3v) is 9.26. The van der Waals surface area contributed by atoms with Gasteiger partial charge in [-0.05, 0) is 100 Å². The Morgan fingerprint density at radius 3 is 2.06 bits per heavy atom. The summed E-state index contributed by atoms with van der Waals surface area (Å²) in [5, 5.41) is 21.0. The first kappa shape index (κ1) is 38.5. The molecule has 0 unspecified atom stereocenters. The lowest BCUT2D eigenvalue weighted by atomic mass is 9.87. The van der Waals surface area contributed by atoms with Crippen LogP contribution in [0.25, 0.3) is 11.1 Å². The van der Waals surface area contributed by atoms with E-state index in [1.807, 2.05) is 92.5 Å². The van der Waals surface area contributed by atoms with Crippen molar-refractivity contribution in [3.8, 4) is 11.1 Å². The minimum absolute atomic E-state index is 0.0534. The number of benzene rings is 2. The van der Waals surface area contributed by atoms with Crippen molar-refractivity contribution in [2.75, 3.05) is 20.1 Å². The number of pyridine rings is 1. The summed E-state index contributed by atoms with van der Waals surface area (Å²) < 4.78 is 5.54. The summed E-state index contributed by atoms with van der Waals surface area (Å²) in [6.07, 6.45) is 4.20. The second kappa shape index (κ2) is 18.1. The van der Waals surface area contributed by atoms with Gasteiger partial charge in [0.1, 0.15) is 11.6 Å². The van der Waals surface area contributed by atoms with Gasteiger partial charge in [-0.2, -0.15) is 0 Å². The number of aliphatic hydroxyl groups is 1. The molecule has 1 saturated heterocycles. The van der Waals surface area contributed by atoms with Crippen LogP contribution in [0, 0.1) is 11.8 Å². The molecule has 0 aliphatic carbocycles. The first-order valence-corrected chi connectivity index (χ1v) is 17.8. The highest BCUT2D eigenvalue weighted by Crippen LogP contribution is 2.24. The van der Waals surface area contributed by atoms with E-state index in [0.717, 1.165) is 35.1 Å². The fraction of sp³-hybridized carbons (Fsp3) is 0.500. The molecule has 1 fully saturated rings. The normalized spacial score (nSPS) is 16.3. The highest BCUT2D eigenvalue weighted by atomic mass is 16.6. The van der Waals surface area contributed by atoms with Gasteiger partial charge in [-0.1, -0.05) is 68.4 Å². The molecule has 0 spiro atoms. The number of likely N-dealkylation sites (tertiary alicyclic amines) is 1. The number of piperidine rings is 1. The van der Waals surface area contributed by atoms with E-state index in [4.69, 9.17) is 4.74 Å². The topological polar surface area (TPSA) is 133 Å². The summed E-state index contributed by atoms with van der Waals surface area (Å²) in [6, 6.07) is 20.4. The van der Waals surface area contributed by atoms with Gasteiger partial charge in [-0.15, -0.1) is 0 Å². The van der Waals surface area contributed by atoms with Gasteiger partial charge >= 0.3 is 6.09 Å². The molecule has 1 aliphatic heterocycles. The van der Waals surface area contributed by atoms with Crippen molar-refractivity contribution >= 4 is 17.9 Å². The van der Waals surface area contributed by atoms with Gasteiger partial charge < -0.3 is 30.7 Å². The monoisotopic (exact) mass is 685 g/mol. The summed E-state index contributed by atoms with van der Waals surface area (Å²) in [5.41, 5.74) is 3.17. The lowest BCUT2D eigenvalue weighted by Crippen LogP contribution is -2.55. The minimum Gasteiger partial charge on any atom is -0.444 e. The standard InChI is InChI=1S/C40H55N5O5/c1-27(2)36(38(48)45-22-18-33(41-6)19-23-45)44-37(47)32(24-29-12-14-30(15-13-29)31-16-20-42-21-17-31)26-35(46)34(25-28-10-8-7-9-11-28)43-39(49)50-40(3,4)5/h7-17,20-21,27,32-36,41,46H,18-19,22-26H2,1-6H3,(H,43,49)(H,44,47)/t32-,34+,35+,36+/m1/s1. The molecule has 0 saturated carbocycles. The first-order valence-electron chi connectivity index (χ1n) is 17.8. The van der Waals surface area contributed by atoms with Gasteiger partial charge in [-0.3, -0.25) is 14.6 Å². The van der Waals surface area contributed by atoms with E-state index in [9.17, 15) is 19.5 Å². The maximum absolute atomic E-state index is 14.2. The van der Waals surface area contributed by atoms with E-state index in [1.165, 1.54) is 0 Å². The highest BCUT2D eigenvalue weighted by Gasteiger charge is 2.35. The van der Waals surface area contributed by atoms with Crippen molar-refractivity contribution in [1.82, 2.24) is 25.8 Å². The van der Waals surface area contributed by atoms with Crippen LogP contribution in [0.5, 0.6) is 0 Å². The number of nitrogens with zero attached hydrogens (tertiary/aromatic N) is 2. The Bertz CT molecular complexity index is 1500. The maximum Gasteiger partial charge on any atom is 0.407 e. The molecule has 4 atom stereocenters. The number of aliphatic hydroxyl groups excluding tert-OH is 1. The maximum atomic E-state index is 14.2. The highest BCUT2D eigenvalue weighted by molar-refractivity contribution is 5.89. The fourth-order valence-electron chi connectivity index (χ4n) is 6.38. The summed E-state index contributed by atoms with van der Waals surface area (Å²) in [5.74, 6) is -1.23. The van der Waals surface area contributed by atoms with Crippen LogP contribution >= 0.6 is 0 Å². The van der Waals surface area contributed by atoms with E-state index in [-0.39, 0.29) is 24.2 Å². The van der Waals surface area contributed by atoms with Crippen LogP contribution in [0.2, 0.25) is 0 Å². The molecule has 0 bridgehead atoms. The lowest BCUT2D eigenvalue weighted by Gasteiger charge is -2.36. The zero-order chi connectivity index (χ0) is 36.3. The van der Waals surface area contributed by atoms with Crippen LogP contribution in [0.15, 0.2) is 79.1 Å². The van der Waals surface area contributed by atoms with Crippen LogP contribution in [0.1, 0.15) is 65.0 Å². The molecule has 50 heavy (non-hydrogen) atoms. The largest absolute Gasteiger partial charge is 0.444 e. The quantitative estimate of drug-likeness (QED) is 0.185. The average Bonchev–Trinajstić information content (AvgIpc) is 3.10. The van der Waals surface area contributed by atoms with E-state index in [0.29, 0.717) is 32.0 Å². The summed E-state index contributed by atoms with van der Waals surface area (Å²) in [4.78, 5) is 46.9. The van der Waals surface area contributed by atoms with Crippen LogP contribution < -0.4 is 16.0 Å². The van der Waals surface area contributed by atoms with Gasteiger partial charge in [0.25, 0.3) is 0 Å². The summed E-state index contributed by atoms with van der Waals surface area (Å²) >= 11 is 0. The third kappa shape index (κ3) is 11.7. The second-order valence-electron chi connectivity index (χ2n) is 14.7. The number of aromatic nitrogens is 1. The Balaban J connectivity index is 1.58. The fourth-order valence-corrected chi connectivity index (χ4v) is 6.38. The van der Waals surface area contributed by atoms with Gasteiger partial charge in [0.2, 0.25) is 11.8 Å². The van der Waals surface area contributed by atoms with Crippen LogP contribution in [0.3, 0.4) is 0 Å². The predicted molar refractivity (Wildman–Crippen MR) is 196 cm³/mol. The number of hydrogen-bond acceptors (Lipinski definition) is 7. The van der Waals surface area contributed by atoms with Gasteiger partial charge in [0, 0.05) is 37.4 Å². The Hall–Kier alpha value is -4.28. The molecule has 4 rings (SSSR count). The van der Waals surface area contributed by atoms with E-state index < -0.39 is 35.8 Å². The Labute approximate surface area is 297 Å². The summed E-state index contributed by atoms with van der Waals surface area (Å²) in [6.45, 7) is 10.5. The Morgan fingerprint density at radius 2 is 1.48 bits per heavy atom. The predicted octanol–water partition coefficient (Wildman–Crippen LogP) is 5.15. The molecule has 10 nitrogen and oxygen atoms in total. The zero-order valence-electron chi connectivity index (χ0n) is 30.4. The van der Waals surface area contributed by atoms with Crippen LogP contribution in [0.4, 0.5) is 4.79 Å². The molecule has 2 aromatic carbocycles.